The summed E-state index contributed by atoms with van der Waals surface area (Å²) in [5, 5.41) is 9.96. The zero-order valence-electron chi connectivity index (χ0n) is 10.2. The number of hydrogen-bond donors (Lipinski definition) is 2. The van der Waals surface area contributed by atoms with Crippen LogP contribution in [0.1, 0.15) is 24.5 Å². The molecule has 1 fully saturated rings. The Morgan fingerprint density at radius 3 is 2.71 bits per heavy atom. The highest BCUT2D eigenvalue weighted by molar-refractivity contribution is 7.80. The van der Waals surface area contributed by atoms with Crippen LogP contribution in [0, 0.1) is 6.92 Å². The molecule has 1 atom stereocenters. The number of anilines is 1. The number of nitrogens with two attached hydrogens (primary N) is 1. The van der Waals surface area contributed by atoms with Crippen LogP contribution < -0.4 is 10.6 Å². The summed E-state index contributed by atoms with van der Waals surface area (Å²) in [6.07, 6.45) is 0.809. The van der Waals surface area contributed by atoms with E-state index in [9.17, 15) is 5.11 Å². The Hall–Kier alpha value is -1.13. The molecule has 92 valence electrons. The third-order valence-corrected chi connectivity index (χ3v) is 3.51. The lowest BCUT2D eigenvalue weighted by Gasteiger charge is -2.21. The molecule has 3 N–H and O–H groups in total. The summed E-state index contributed by atoms with van der Waals surface area (Å²) in [6.45, 7) is 5.45. The van der Waals surface area contributed by atoms with E-state index in [1.165, 1.54) is 0 Å². The van der Waals surface area contributed by atoms with Gasteiger partial charge < -0.3 is 15.7 Å². The fraction of sp³-hybridized carbons (Fsp3) is 0.462. The van der Waals surface area contributed by atoms with E-state index >= 15 is 0 Å². The SMILES string of the molecule is Cc1cc(N2CCC(C)(O)C2)ccc1C(N)=S. The molecule has 17 heavy (non-hydrogen) atoms. The van der Waals surface area contributed by atoms with E-state index in [0.717, 1.165) is 29.8 Å². The molecule has 0 aromatic heterocycles. The van der Waals surface area contributed by atoms with Gasteiger partial charge >= 0.3 is 0 Å². The van der Waals surface area contributed by atoms with Crippen molar-refractivity contribution >= 4 is 22.9 Å². The minimum atomic E-state index is -0.574. The smallest absolute Gasteiger partial charge is 0.104 e. The summed E-state index contributed by atoms with van der Waals surface area (Å²) >= 11 is 4.99. The molecule has 1 unspecified atom stereocenters. The first-order valence-corrected chi connectivity index (χ1v) is 6.18. The third-order valence-electron chi connectivity index (χ3n) is 3.29. The van der Waals surface area contributed by atoms with Crippen LogP contribution >= 0.6 is 12.2 Å². The quantitative estimate of drug-likeness (QED) is 0.783. The monoisotopic (exact) mass is 250 g/mol. The van der Waals surface area contributed by atoms with Crippen molar-refractivity contribution in [2.24, 2.45) is 5.73 Å². The molecule has 0 aliphatic carbocycles. The second-order valence-corrected chi connectivity index (χ2v) is 5.47. The van der Waals surface area contributed by atoms with Gasteiger partial charge in [-0.25, -0.2) is 0 Å². The molecule has 1 aliphatic heterocycles. The van der Waals surface area contributed by atoms with Gasteiger partial charge in [-0.05, 0) is 44.0 Å². The Bertz CT molecular complexity index is 457. The van der Waals surface area contributed by atoms with E-state index < -0.39 is 5.60 Å². The standard InChI is InChI=1S/C13H18N2OS/c1-9-7-10(3-4-11(9)12(14)17)15-6-5-13(2,16)8-15/h3-4,7,16H,5-6,8H2,1-2H3,(H2,14,17). The van der Waals surface area contributed by atoms with Gasteiger partial charge in [0.2, 0.25) is 0 Å². The summed E-state index contributed by atoms with van der Waals surface area (Å²) in [6, 6.07) is 6.05. The Kier molecular flexibility index (Phi) is 3.10. The van der Waals surface area contributed by atoms with Crippen LogP contribution in [0.3, 0.4) is 0 Å². The van der Waals surface area contributed by atoms with Crippen molar-refractivity contribution in [3.8, 4) is 0 Å². The molecular formula is C13H18N2OS. The molecule has 0 saturated carbocycles. The Morgan fingerprint density at radius 2 is 2.24 bits per heavy atom. The maximum atomic E-state index is 9.96. The number of rotatable bonds is 2. The average molecular weight is 250 g/mol. The maximum absolute atomic E-state index is 9.96. The minimum absolute atomic E-state index is 0.433. The van der Waals surface area contributed by atoms with Gasteiger partial charge in [0, 0.05) is 24.3 Å². The van der Waals surface area contributed by atoms with Crippen molar-refractivity contribution < 1.29 is 5.11 Å². The van der Waals surface area contributed by atoms with Crippen molar-refractivity contribution in [3.63, 3.8) is 0 Å². The number of β-amino-alcohol motifs (C(OH)–C–C–N with tert-alkyl or cyclic N) is 1. The molecular weight excluding hydrogens is 232 g/mol. The molecule has 4 heteroatoms. The first-order chi connectivity index (χ1) is 7.89. The molecule has 0 spiro atoms. The van der Waals surface area contributed by atoms with E-state index in [-0.39, 0.29) is 0 Å². The second kappa shape index (κ2) is 4.27. The topological polar surface area (TPSA) is 49.5 Å². The van der Waals surface area contributed by atoms with Gasteiger partial charge in [-0.2, -0.15) is 0 Å². The molecule has 1 aliphatic rings. The van der Waals surface area contributed by atoms with Gasteiger partial charge in [-0.15, -0.1) is 0 Å². The van der Waals surface area contributed by atoms with Gasteiger partial charge in [-0.3, -0.25) is 0 Å². The predicted molar refractivity (Wildman–Crippen MR) is 74.5 cm³/mol. The zero-order chi connectivity index (χ0) is 12.6. The molecule has 0 radical (unpaired) electrons. The molecule has 1 aromatic carbocycles. The van der Waals surface area contributed by atoms with Crippen molar-refractivity contribution in [1.29, 1.82) is 0 Å². The van der Waals surface area contributed by atoms with Gasteiger partial charge in [0.25, 0.3) is 0 Å². The first-order valence-electron chi connectivity index (χ1n) is 5.77. The molecule has 1 saturated heterocycles. The number of aliphatic hydroxyl groups is 1. The van der Waals surface area contributed by atoms with Crippen LogP contribution in [0.15, 0.2) is 18.2 Å². The summed E-state index contributed by atoms with van der Waals surface area (Å²) in [7, 11) is 0. The van der Waals surface area contributed by atoms with Crippen LogP contribution in [-0.4, -0.2) is 28.8 Å². The van der Waals surface area contributed by atoms with Crippen LogP contribution in [0.4, 0.5) is 5.69 Å². The van der Waals surface area contributed by atoms with Crippen molar-refractivity contribution in [2.45, 2.75) is 25.9 Å². The summed E-state index contributed by atoms with van der Waals surface area (Å²) in [5.41, 5.74) is 8.20. The first kappa shape index (κ1) is 12.3. The van der Waals surface area contributed by atoms with Crippen LogP contribution in [0.2, 0.25) is 0 Å². The molecule has 1 aromatic rings. The van der Waals surface area contributed by atoms with Crippen LogP contribution in [-0.2, 0) is 0 Å². The highest BCUT2D eigenvalue weighted by Crippen LogP contribution is 2.27. The average Bonchev–Trinajstić information content (AvgIpc) is 2.58. The largest absolute Gasteiger partial charge is 0.389 e. The number of hydrogen-bond acceptors (Lipinski definition) is 3. The fourth-order valence-electron chi connectivity index (χ4n) is 2.29. The molecule has 3 nitrogen and oxygen atoms in total. The van der Waals surface area contributed by atoms with Gasteiger partial charge in [0.1, 0.15) is 4.99 Å². The lowest BCUT2D eigenvalue weighted by atomic mass is 10.1. The molecule has 0 bridgehead atoms. The van der Waals surface area contributed by atoms with Gasteiger partial charge in [0.05, 0.1) is 5.60 Å². The van der Waals surface area contributed by atoms with Gasteiger partial charge in [-0.1, -0.05) is 12.2 Å². The van der Waals surface area contributed by atoms with Gasteiger partial charge in [0.15, 0.2) is 0 Å². The van der Waals surface area contributed by atoms with E-state index in [0.29, 0.717) is 11.5 Å². The highest BCUT2D eigenvalue weighted by Gasteiger charge is 2.31. The minimum Gasteiger partial charge on any atom is -0.389 e. The third kappa shape index (κ3) is 2.58. The van der Waals surface area contributed by atoms with Crippen molar-refractivity contribution in [1.82, 2.24) is 0 Å². The van der Waals surface area contributed by atoms with Crippen molar-refractivity contribution in [3.05, 3.63) is 29.3 Å². The lowest BCUT2D eigenvalue weighted by molar-refractivity contribution is 0.0839. The number of benzene rings is 1. The van der Waals surface area contributed by atoms with E-state index in [1.54, 1.807) is 0 Å². The summed E-state index contributed by atoms with van der Waals surface area (Å²) < 4.78 is 0. The number of aryl methyl sites for hydroxylation is 1. The number of nitrogens with zero attached hydrogens (tertiary/aromatic N) is 1. The lowest BCUT2D eigenvalue weighted by Crippen LogP contribution is -2.29. The normalized spacial score (nSPS) is 24.1. The zero-order valence-corrected chi connectivity index (χ0v) is 11.0. The maximum Gasteiger partial charge on any atom is 0.104 e. The van der Waals surface area contributed by atoms with E-state index in [2.05, 4.69) is 11.0 Å². The molecule has 2 rings (SSSR count). The molecule has 0 amide bonds. The molecule has 1 heterocycles. The van der Waals surface area contributed by atoms with Crippen LogP contribution in [0.5, 0.6) is 0 Å². The van der Waals surface area contributed by atoms with E-state index in [1.807, 2.05) is 26.0 Å². The summed E-state index contributed by atoms with van der Waals surface area (Å²) in [4.78, 5) is 2.62. The fourth-order valence-corrected chi connectivity index (χ4v) is 2.52. The number of thiocarbonyl (C=S) groups is 1. The van der Waals surface area contributed by atoms with Crippen molar-refractivity contribution in [2.75, 3.05) is 18.0 Å². The Balaban J connectivity index is 2.24. The Morgan fingerprint density at radius 1 is 1.53 bits per heavy atom. The van der Waals surface area contributed by atoms with Crippen LogP contribution in [0.25, 0.3) is 0 Å². The highest BCUT2D eigenvalue weighted by atomic mass is 32.1. The second-order valence-electron chi connectivity index (χ2n) is 5.03. The Labute approximate surface area is 107 Å². The predicted octanol–water partition coefficient (Wildman–Crippen LogP) is 1.59. The summed E-state index contributed by atoms with van der Waals surface area (Å²) in [5.74, 6) is 0. The van der Waals surface area contributed by atoms with E-state index in [4.69, 9.17) is 18.0 Å².